The summed E-state index contributed by atoms with van der Waals surface area (Å²) in [5, 5.41) is 5.83. The Kier molecular flexibility index (Phi) is 9.25. The van der Waals surface area contributed by atoms with Crippen LogP contribution >= 0.6 is 69.6 Å². The Morgan fingerprint density at radius 1 is 1.11 bits per heavy atom. The number of halogens is 7. The van der Waals surface area contributed by atoms with Crippen LogP contribution in [0.3, 0.4) is 0 Å². The van der Waals surface area contributed by atoms with Crippen LogP contribution in [0.1, 0.15) is 17.9 Å². The van der Waals surface area contributed by atoms with E-state index < -0.39 is 33.8 Å². The molecule has 0 spiro atoms. The van der Waals surface area contributed by atoms with Gasteiger partial charge in [0.05, 0.1) is 26.7 Å². The summed E-state index contributed by atoms with van der Waals surface area (Å²) in [5.41, 5.74) is 6.60. The van der Waals surface area contributed by atoms with E-state index in [2.05, 4.69) is 17.2 Å². The van der Waals surface area contributed by atoms with Gasteiger partial charge in [0.25, 0.3) is 0 Å². The maximum Gasteiger partial charge on any atom is 0.231 e. The van der Waals surface area contributed by atoms with Crippen LogP contribution < -0.4 is 16.4 Å². The molecule has 12 heteroatoms. The first-order valence-electron chi connectivity index (χ1n) is 10.2. The quantitative estimate of drug-likeness (QED) is 0.124. The van der Waals surface area contributed by atoms with E-state index >= 15 is 0 Å². The zero-order valence-corrected chi connectivity index (χ0v) is 22.8. The van der Waals surface area contributed by atoms with E-state index in [-0.39, 0.29) is 43.6 Å². The van der Waals surface area contributed by atoms with Gasteiger partial charge in [-0.1, -0.05) is 59.1 Å². The molecule has 0 bridgehead atoms. The number of nitrogens with two attached hydrogens (primary N) is 1. The summed E-state index contributed by atoms with van der Waals surface area (Å²) in [4.78, 5) is 25.4. The van der Waals surface area contributed by atoms with E-state index in [1.54, 1.807) is 12.1 Å². The van der Waals surface area contributed by atoms with Gasteiger partial charge in [0, 0.05) is 28.8 Å². The summed E-state index contributed by atoms with van der Waals surface area (Å²) < 4.78 is 12.5. The second-order valence-corrected chi connectivity index (χ2v) is 11.0. The molecule has 1 aliphatic carbocycles. The van der Waals surface area contributed by atoms with Gasteiger partial charge in [0.2, 0.25) is 11.8 Å². The number of hydrogen-bond donors (Lipinski definition) is 3. The summed E-state index contributed by atoms with van der Waals surface area (Å²) in [6, 6.07) is 6.88. The lowest BCUT2D eigenvalue weighted by atomic mass is 10.1. The van der Waals surface area contributed by atoms with E-state index in [9.17, 15) is 14.0 Å². The number of carbonyl (C=O) groups is 2. The number of alkyl halides is 2. The SMILES string of the molecule is C=C(Cl)/C=C\C(=C/CC(=O)Nc1cc(N)ccc1F)NC(=O)[C@H]1[C@H](c2cc(Cl)c(Cl)c(Cl)c2)C1(Cl)Cl. The van der Waals surface area contributed by atoms with E-state index in [0.717, 1.165) is 6.07 Å². The number of nitrogen functional groups attached to an aromatic ring is 1. The summed E-state index contributed by atoms with van der Waals surface area (Å²) in [7, 11) is 0. The minimum Gasteiger partial charge on any atom is -0.399 e. The highest BCUT2D eigenvalue weighted by Gasteiger charge is 2.67. The number of benzene rings is 2. The Bertz CT molecular complexity index is 1270. The minimum atomic E-state index is -1.43. The van der Waals surface area contributed by atoms with Crippen LogP contribution in [0, 0.1) is 11.7 Å². The van der Waals surface area contributed by atoms with Crippen molar-refractivity contribution in [2.24, 2.45) is 5.92 Å². The Hall–Kier alpha value is -1.93. The van der Waals surface area contributed by atoms with E-state index in [1.165, 1.54) is 30.4 Å². The van der Waals surface area contributed by atoms with Crippen molar-refractivity contribution in [3.05, 3.63) is 92.3 Å². The summed E-state index contributed by atoms with van der Waals surface area (Å²) in [5.74, 6) is -3.19. The van der Waals surface area contributed by atoms with Crippen molar-refractivity contribution in [1.29, 1.82) is 0 Å². The lowest BCUT2D eigenvalue weighted by Crippen LogP contribution is -2.26. The minimum absolute atomic E-state index is 0.0705. The normalized spacial score (nSPS) is 18.7. The van der Waals surface area contributed by atoms with Crippen molar-refractivity contribution >= 4 is 92.8 Å². The average Bonchev–Trinajstić information content (AvgIpc) is 3.37. The molecule has 1 fully saturated rings. The topological polar surface area (TPSA) is 84.2 Å². The molecule has 0 saturated heterocycles. The number of allylic oxidation sites excluding steroid dienone is 3. The highest BCUT2D eigenvalue weighted by atomic mass is 35.5. The van der Waals surface area contributed by atoms with Gasteiger partial charge in [-0.3, -0.25) is 9.59 Å². The highest BCUT2D eigenvalue weighted by Crippen LogP contribution is 2.65. The van der Waals surface area contributed by atoms with Crippen molar-refractivity contribution < 1.29 is 14.0 Å². The van der Waals surface area contributed by atoms with Crippen LogP contribution in [0.15, 0.2) is 65.9 Å². The Balaban J connectivity index is 1.76. The van der Waals surface area contributed by atoms with Gasteiger partial charge in [-0.25, -0.2) is 4.39 Å². The van der Waals surface area contributed by atoms with Crippen LogP contribution in [0.4, 0.5) is 15.8 Å². The molecule has 4 N–H and O–H groups in total. The molecule has 36 heavy (non-hydrogen) atoms. The molecule has 3 rings (SSSR count). The molecule has 1 saturated carbocycles. The van der Waals surface area contributed by atoms with Gasteiger partial charge in [-0.2, -0.15) is 0 Å². The molecule has 0 radical (unpaired) electrons. The van der Waals surface area contributed by atoms with Crippen molar-refractivity contribution in [1.82, 2.24) is 5.32 Å². The first-order valence-corrected chi connectivity index (χ1v) is 12.5. The van der Waals surface area contributed by atoms with Crippen molar-refractivity contribution in [2.75, 3.05) is 11.1 Å². The van der Waals surface area contributed by atoms with Crippen LogP contribution in [0.25, 0.3) is 0 Å². The molecule has 2 aromatic rings. The molecule has 0 unspecified atom stereocenters. The zero-order valence-electron chi connectivity index (χ0n) is 18.2. The predicted molar refractivity (Wildman–Crippen MR) is 147 cm³/mol. The van der Waals surface area contributed by atoms with Gasteiger partial charge < -0.3 is 16.4 Å². The molecule has 1 aliphatic rings. The third-order valence-corrected chi connectivity index (χ3v) is 7.45. The number of amides is 2. The summed E-state index contributed by atoms with van der Waals surface area (Å²) in [6.45, 7) is 3.55. The van der Waals surface area contributed by atoms with E-state index in [1.807, 2.05) is 0 Å². The standard InChI is InChI=1S/C24H18Cl6FN3O2/c1-11(25)2-4-14(5-7-19(35)34-18-10-13(32)3-6-17(18)31)33-23(36)21-20(24(21,29)30)12-8-15(26)22(28)16(27)9-12/h2-6,8-10,20-21H,1,7,32H2,(H,33,36)(H,34,35)/b4-2-,14-5+/t20-,21+/m0/s1. The highest BCUT2D eigenvalue weighted by molar-refractivity contribution is 6.53. The second-order valence-electron chi connectivity index (χ2n) is 7.85. The smallest absolute Gasteiger partial charge is 0.231 e. The fraction of sp³-hybridized carbons (Fsp3) is 0.167. The summed E-state index contributed by atoms with van der Waals surface area (Å²) >= 11 is 36.8. The largest absolute Gasteiger partial charge is 0.399 e. The molecule has 0 heterocycles. The molecular formula is C24H18Cl6FN3O2. The van der Waals surface area contributed by atoms with Crippen molar-refractivity contribution in [3.8, 4) is 0 Å². The molecule has 2 amide bonds. The first-order chi connectivity index (χ1) is 16.8. The average molecular weight is 612 g/mol. The molecule has 5 nitrogen and oxygen atoms in total. The monoisotopic (exact) mass is 609 g/mol. The number of hydrogen-bond acceptors (Lipinski definition) is 3. The third-order valence-electron chi connectivity index (χ3n) is 5.18. The van der Waals surface area contributed by atoms with Crippen LogP contribution in [0.2, 0.25) is 15.1 Å². The van der Waals surface area contributed by atoms with Crippen LogP contribution in [-0.2, 0) is 9.59 Å². The van der Waals surface area contributed by atoms with Gasteiger partial charge in [0.1, 0.15) is 10.2 Å². The molecule has 2 aromatic carbocycles. The second kappa shape index (κ2) is 11.6. The van der Waals surface area contributed by atoms with E-state index in [0.29, 0.717) is 5.56 Å². The van der Waals surface area contributed by atoms with Crippen molar-refractivity contribution in [3.63, 3.8) is 0 Å². The fourth-order valence-electron chi connectivity index (χ4n) is 3.43. The Morgan fingerprint density at radius 2 is 1.75 bits per heavy atom. The van der Waals surface area contributed by atoms with Gasteiger partial charge in [-0.15, -0.1) is 23.2 Å². The van der Waals surface area contributed by atoms with Gasteiger partial charge >= 0.3 is 0 Å². The lowest BCUT2D eigenvalue weighted by molar-refractivity contribution is -0.121. The number of nitrogens with one attached hydrogen (secondary N) is 2. The number of rotatable bonds is 8. The number of carbonyl (C=O) groups excluding carboxylic acids is 2. The van der Waals surface area contributed by atoms with Gasteiger partial charge in [-0.05, 0) is 48.0 Å². The van der Waals surface area contributed by atoms with Crippen LogP contribution in [0.5, 0.6) is 0 Å². The Morgan fingerprint density at radius 3 is 2.36 bits per heavy atom. The molecule has 0 aromatic heterocycles. The van der Waals surface area contributed by atoms with Crippen LogP contribution in [-0.4, -0.2) is 16.1 Å². The maximum absolute atomic E-state index is 13.9. The zero-order chi connectivity index (χ0) is 26.8. The lowest BCUT2D eigenvalue weighted by Gasteiger charge is -2.09. The third kappa shape index (κ3) is 6.88. The first kappa shape index (κ1) is 28.6. The molecule has 190 valence electrons. The van der Waals surface area contributed by atoms with Crippen molar-refractivity contribution in [2.45, 2.75) is 16.7 Å². The Labute approximate surface area is 237 Å². The summed E-state index contributed by atoms with van der Waals surface area (Å²) in [6.07, 6.45) is 4.05. The number of anilines is 2. The molecule has 2 atom stereocenters. The predicted octanol–water partition coefficient (Wildman–Crippen LogP) is 7.59. The fourth-order valence-corrected chi connectivity index (χ4v) is 4.93. The molecular weight excluding hydrogens is 594 g/mol. The van der Waals surface area contributed by atoms with Gasteiger partial charge in [0.15, 0.2) is 0 Å². The maximum atomic E-state index is 13.9. The molecule has 0 aliphatic heterocycles. The van der Waals surface area contributed by atoms with E-state index in [4.69, 9.17) is 75.3 Å².